The van der Waals surface area contributed by atoms with Crippen LogP contribution in [-0.2, 0) is 6.98 Å². The number of nitrogens with one attached hydrogen (secondary N) is 2. The Morgan fingerprint density at radius 3 is 2.87 bits per heavy atom. The van der Waals surface area contributed by atoms with Gasteiger partial charge in [-0.15, -0.1) is 10.2 Å². The van der Waals surface area contributed by atoms with Gasteiger partial charge in [-0.25, -0.2) is 0 Å². The molecule has 152 valence electrons. The van der Waals surface area contributed by atoms with Gasteiger partial charge >= 0.3 is 0 Å². The number of amides is 1. The van der Waals surface area contributed by atoms with Crippen LogP contribution in [-0.4, -0.2) is 48.8 Å². The quantitative estimate of drug-likeness (QED) is 0.541. The van der Waals surface area contributed by atoms with Crippen molar-refractivity contribution < 1.29 is 8.91 Å². The molecule has 1 aromatic carbocycles. The summed E-state index contributed by atoms with van der Waals surface area (Å²) >= 11 is 0. The molecular formula is C21H22N8O. The topological polar surface area (TPSA) is 103 Å². The van der Waals surface area contributed by atoms with E-state index in [2.05, 4.69) is 31.0 Å². The Balaban J connectivity index is 1.35. The van der Waals surface area contributed by atoms with Crippen molar-refractivity contribution in [2.75, 3.05) is 18.4 Å². The average Bonchev–Trinajstić information content (AvgIpc) is 3.49. The van der Waals surface area contributed by atoms with Crippen LogP contribution in [0.2, 0.25) is 0 Å². The zero-order chi connectivity index (χ0) is 23.0. The molecule has 1 fully saturated rings. The summed E-state index contributed by atoms with van der Waals surface area (Å²) in [4.78, 5) is 12.7. The highest BCUT2D eigenvalue weighted by atomic mass is 16.1. The second-order valence-corrected chi connectivity index (χ2v) is 7.32. The van der Waals surface area contributed by atoms with Crippen LogP contribution in [0.15, 0.2) is 49.1 Å². The lowest BCUT2D eigenvalue weighted by atomic mass is 10.1. The van der Waals surface area contributed by atoms with E-state index < -0.39 is 6.98 Å². The molecule has 1 amide bonds. The number of fused-ring (bicyclic) bond motifs is 1. The standard InChI is InChI=1S/C21H22N8O/c1-28-12-16(10-23-28)14-2-3-19-15(8-14)9-20(27-26-19)25-21(30)17-11-24-29(13-17)18-4-6-22-7-5-18/h2-3,8-13,18,22H,4-7H2,1H3,(H,25,27,30)/i1D3. The minimum Gasteiger partial charge on any atom is -0.317 e. The highest BCUT2D eigenvalue weighted by Crippen LogP contribution is 2.24. The number of carbonyl (C=O) groups excluding carboxylic acids is 1. The van der Waals surface area contributed by atoms with Gasteiger partial charge in [0.2, 0.25) is 0 Å². The minimum absolute atomic E-state index is 0.293. The first-order valence-electron chi connectivity index (χ1n) is 11.3. The zero-order valence-electron chi connectivity index (χ0n) is 19.1. The number of rotatable bonds is 4. The molecule has 0 unspecified atom stereocenters. The molecule has 0 saturated carbocycles. The molecule has 0 aliphatic carbocycles. The number of carbonyl (C=O) groups is 1. The Bertz CT molecular complexity index is 1310. The van der Waals surface area contributed by atoms with Crippen LogP contribution >= 0.6 is 0 Å². The van der Waals surface area contributed by atoms with Crippen molar-refractivity contribution in [3.8, 4) is 11.1 Å². The van der Waals surface area contributed by atoms with Gasteiger partial charge in [-0.05, 0) is 49.7 Å². The zero-order valence-corrected chi connectivity index (χ0v) is 16.1. The van der Waals surface area contributed by atoms with Gasteiger partial charge in [0.15, 0.2) is 5.82 Å². The Labute approximate surface area is 177 Å². The first kappa shape index (κ1) is 15.3. The van der Waals surface area contributed by atoms with Gasteiger partial charge < -0.3 is 10.6 Å². The normalized spacial score (nSPS) is 16.7. The molecule has 9 nitrogen and oxygen atoms in total. The maximum atomic E-state index is 12.7. The highest BCUT2D eigenvalue weighted by molar-refractivity contribution is 6.04. The third-order valence-electron chi connectivity index (χ3n) is 5.29. The third kappa shape index (κ3) is 3.67. The van der Waals surface area contributed by atoms with Crippen molar-refractivity contribution in [2.24, 2.45) is 6.98 Å². The largest absolute Gasteiger partial charge is 0.317 e. The van der Waals surface area contributed by atoms with Crippen molar-refractivity contribution in [3.05, 3.63) is 54.6 Å². The summed E-state index contributed by atoms with van der Waals surface area (Å²) in [5.41, 5.74) is 2.56. The molecule has 1 saturated heterocycles. The van der Waals surface area contributed by atoms with Crippen LogP contribution < -0.4 is 10.6 Å². The van der Waals surface area contributed by atoms with Gasteiger partial charge in [-0.3, -0.25) is 14.2 Å². The first-order chi connectivity index (χ1) is 15.9. The SMILES string of the molecule is [2H]C([2H])([2H])n1cc(-c2ccc3nnc(NC(=O)c4cnn(C5CCNCC5)c4)cc3c2)cn1. The molecular weight excluding hydrogens is 380 g/mol. The molecule has 30 heavy (non-hydrogen) atoms. The Morgan fingerprint density at radius 1 is 1.13 bits per heavy atom. The van der Waals surface area contributed by atoms with Crippen LogP contribution in [0.4, 0.5) is 5.82 Å². The summed E-state index contributed by atoms with van der Waals surface area (Å²) in [5.74, 6) is 0.0106. The van der Waals surface area contributed by atoms with Crippen LogP contribution in [0.3, 0.4) is 0 Å². The van der Waals surface area contributed by atoms with Crippen LogP contribution in [0.5, 0.6) is 0 Å². The molecule has 9 heteroatoms. The fourth-order valence-electron chi connectivity index (χ4n) is 3.67. The molecule has 0 spiro atoms. The number of benzene rings is 1. The van der Waals surface area contributed by atoms with E-state index in [4.69, 9.17) is 4.11 Å². The van der Waals surface area contributed by atoms with Crippen LogP contribution in [0, 0.1) is 0 Å². The summed E-state index contributed by atoms with van der Waals surface area (Å²) in [6, 6.07) is 7.50. The summed E-state index contributed by atoms with van der Waals surface area (Å²) in [5, 5.41) is 23.4. The number of nitrogens with zero attached hydrogens (tertiary/aromatic N) is 6. The first-order valence-corrected chi connectivity index (χ1v) is 9.76. The fourth-order valence-corrected chi connectivity index (χ4v) is 3.67. The van der Waals surface area contributed by atoms with Crippen molar-refractivity contribution >= 4 is 22.6 Å². The van der Waals surface area contributed by atoms with Crippen LogP contribution in [0.25, 0.3) is 22.0 Å². The van der Waals surface area contributed by atoms with Gasteiger partial charge in [-0.2, -0.15) is 10.2 Å². The van der Waals surface area contributed by atoms with E-state index in [1.165, 1.54) is 12.4 Å². The molecule has 5 rings (SSSR count). The van der Waals surface area contributed by atoms with E-state index in [1.54, 1.807) is 24.5 Å². The van der Waals surface area contributed by atoms with E-state index in [0.717, 1.165) is 41.6 Å². The Kier molecular flexibility index (Phi) is 3.91. The van der Waals surface area contributed by atoms with Crippen molar-refractivity contribution in [2.45, 2.75) is 18.9 Å². The minimum atomic E-state index is -2.33. The third-order valence-corrected chi connectivity index (χ3v) is 5.29. The van der Waals surface area contributed by atoms with Crippen molar-refractivity contribution in [1.29, 1.82) is 0 Å². The summed E-state index contributed by atoms with van der Waals surface area (Å²) in [6.07, 6.45) is 8.27. The Hall–Kier alpha value is -3.59. The van der Waals surface area contributed by atoms with E-state index in [9.17, 15) is 4.79 Å². The number of anilines is 1. The molecule has 3 aromatic heterocycles. The van der Waals surface area contributed by atoms with Gasteiger partial charge in [0.05, 0.1) is 29.5 Å². The van der Waals surface area contributed by atoms with Crippen molar-refractivity contribution in [1.82, 2.24) is 35.1 Å². The number of aromatic nitrogens is 6. The number of hydrogen-bond donors (Lipinski definition) is 2. The molecule has 2 N–H and O–H groups in total. The van der Waals surface area contributed by atoms with Gasteiger partial charge in [0.1, 0.15) is 0 Å². The second-order valence-electron chi connectivity index (χ2n) is 7.32. The molecule has 1 aliphatic heterocycles. The van der Waals surface area contributed by atoms with E-state index >= 15 is 0 Å². The van der Waals surface area contributed by atoms with Crippen LogP contribution in [0.1, 0.15) is 33.4 Å². The van der Waals surface area contributed by atoms with E-state index in [1.807, 2.05) is 16.8 Å². The lowest BCUT2D eigenvalue weighted by molar-refractivity contribution is 0.102. The highest BCUT2D eigenvalue weighted by Gasteiger charge is 2.18. The smallest absolute Gasteiger partial charge is 0.260 e. The lowest BCUT2D eigenvalue weighted by Crippen LogP contribution is -2.29. The lowest BCUT2D eigenvalue weighted by Gasteiger charge is -2.22. The molecule has 4 aromatic rings. The number of hydrogen-bond acceptors (Lipinski definition) is 6. The number of aryl methyl sites for hydroxylation is 1. The molecule has 4 heterocycles. The molecule has 0 bridgehead atoms. The Morgan fingerprint density at radius 2 is 2.03 bits per heavy atom. The maximum absolute atomic E-state index is 12.7. The van der Waals surface area contributed by atoms with E-state index in [0.29, 0.717) is 28.5 Å². The molecule has 0 atom stereocenters. The van der Waals surface area contributed by atoms with Gasteiger partial charge in [0, 0.05) is 34.4 Å². The molecule has 0 radical (unpaired) electrons. The van der Waals surface area contributed by atoms with Gasteiger partial charge in [-0.1, -0.05) is 6.07 Å². The predicted molar refractivity (Wildman–Crippen MR) is 113 cm³/mol. The van der Waals surface area contributed by atoms with Gasteiger partial charge in [0.25, 0.3) is 5.91 Å². The fraction of sp³-hybridized carbons (Fsp3) is 0.286. The summed E-state index contributed by atoms with van der Waals surface area (Å²) in [7, 11) is 0. The second kappa shape index (κ2) is 7.68. The summed E-state index contributed by atoms with van der Waals surface area (Å²) < 4.78 is 25.2. The average molecular weight is 405 g/mol. The monoisotopic (exact) mass is 405 g/mol. The summed E-state index contributed by atoms with van der Waals surface area (Å²) in [6.45, 7) is -0.449. The molecule has 1 aliphatic rings. The van der Waals surface area contributed by atoms with E-state index in [-0.39, 0.29) is 5.91 Å². The van der Waals surface area contributed by atoms with Crippen molar-refractivity contribution in [3.63, 3.8) is 0 Å². The predicted octanol–water partition coefficient (Wildman–Crippen LogP) is 2.40. The number of piperidine rings is 1. The maximum Gasteiger partial charge on any atom is 0.260 e.